The molecule has 0 heterocycles. The van der Waals surface area contributed by atoms with E-state index in [4.69, 9.17) is 0 Å². The van der Waals surface area contributed by atoms with Gasteiger partial charge in [-0.25, -0.2) is 0 Å². The molecule has 0 spiro atoms. The number of aliphatic carboxylic acids is 1. The molecule has 0 aromatic carbocycles. The molecule has 100 valence electrons. The summed E-state index contributed by atoms with van der Waals surface area (Å²) in [5, 5.41) is 13.2. The van der Waals surface area contributed by atoms with E-state index in [2.05, 4.69) is 18.5 Å². The molecule has 1 aliphatic rings. The lowest BCUT2D eigenvalue weighted by atomic mass is 9.94. The Labute approximate surface area is 109 Å². The fraction of sp³-hybridized carbons (Fsp3) is 0.923. The van der Waals surface area contributed by atoms with E-state index in [1.54, 1.807) is 0 Å². The number of rotatable bonds is 7. The first-order valence-electron chi connectivity index (χ1n) is 6.69. The molecule has 0 aromatic rings. The van der Waals surface area contributed by atoms with Gasteiger partial charge in [0.25, 0.3) is 0 Å². The normalized spacial score (nSPS) is 26.7. The van der Waals surface area contributed by atoms with Crippen molar-refractivity contribution in [3.63, 3.8) is 0 Å². The highest BCUT2D eigenvalue weighted by atomic mass is 32.2. The minimum Gasteiger partial charge on any atom is -0.480 e. The molecule has 2 N–H and O–H groups in total. The van der Waals surface area contributed by atoms with Crippen LogP contribution in [0.4, 0.5) is 0 Å². The van der Waals surface area contributed by atoms with E-state index in [-0.39, 0.29) is 6.04 Å². The van der Waals surface area contributed by atoms with Crippen molar-refractivity contribution in [3.8, 4) is 0 Å². The topological polar surface area (TPSA) is 49.3 Å². The molecule has 3 atom stereocenters. The van der Waals surface area contributed by atoms with E-state index >= 15 is 0 Å². The minimum absolute atomic E-state index is 0.347. The zero-order chi connectivity index (χ0) is 12.7. The van der Waals surface area contributed by atoms with E-state index in [1.165, 1.54) is 12.8 Å². The summed E-state index contributed by atoms with van der Waals surface area (Å²) in [5.74, 6) is -0.690. The molecule has 1 fully saturated rings. The summed E-state index contributed by atoms with van der Waals surface area (Å²) in [4.78, 5) is 11.2. The number of nitrogens with one attached hydrogen (secondary N) is 1. The second kappa shape index (κ2) is 7.98. The van der Waals surface area contributed by atoms with Crippen LogP contribution in [0.1, 0.15) is 51.9 Å². The van der Waals surface area contributed by atoms with Crippen LogP contribution < -0.4 is 5.32 Å². The van der Waals surface area contributed by atoms with Crippen molar-refractivity contribution in [2.24, 2.45) is 0 Å². The van der Waals surface area contributed by atoms with E-state index in [0.717, 1.165) is 32.1 Å². The number of carbonyl (C=O) groups is 1. The second-order valence-electron chi connectivity index (χ2n) is 4.92. The van der Waals surface area contributed by atoms with Crippen LogP contribution in [0.3, 0.4) is 0 Å². The molecule has 0 aromatic heterocycles. The van der Waals surface area contributed by atoms with E-state index in [0.29, 0.717) is 11.3 Å². The largest absolute Gasteiger partial charge is 0.480 e. The molecule has 0 radical (unpaired) electrons. The van der Waals surface area contributed by atoms with Gasteiger partial charge in [0, 0.05) is 11.3 Å². The standard InChI is InChI=1S/C13H25NO2S/c1-3-4-8-12(13(15)16)14-10-6-5-7-11(9-10)17-2/h10-12,14H,3-9H2,1-2H3,(H,15,16). The van der Waals surface area contributed by atoms with Crippen LogP contribution in [0.2, 0.25) is 0 Å². The van der Waals surface area contributed by atoms with Crippen LogP contribution in [0.25, 0.3) is 0 Å². The molecule has 0 bridgehead atoms. The molecule has 4 heteroatoms. The summed E-state index contributed by atoms with van der Waals surface area (Å²) >= 11 is 1.92. The van der Waals surface area contributed by atoms with Crippen molar-refractivity contribution in [1.29, 1.82) is 0 Å². The van der Waals surface area contributed by atoms with Gasteiger partial charge in [0.15, 0.2) is 0 Å². The molecule has 3 unspecified atom stereocenters. The third-order valence-corrected chi connectivity index (χ3v) is 4.64. The lowest BCUT2D eigenvalue weighted by Gasteiger charge is -2.31. The van der Waals surface area contributed by atoms with Crippen LogP contribution in [-0.2, 0) is 4.79 Å². The number of thioether (sulfide) groups is 1. The van der Waals surface area contributed by atoms with E-state index in [9.17, 15) is 9.90 Å². The van der Waals surface area contributed by atoms with Crippen LogP contribution in [0, 0.1) is 0 Å². The number of hydrogen-bond donors (Lipinski definition) is 2. The summed E-state index contributed by atoms with van der Waals surface area (Å²) in [6, 6.07) is 0.0553. The number of carboxylic acid groups (broad SMARTS) is 1. The van der Waals surface area contributed by atoms with Crippen molar-refractivity contribution in [3.05, 3.63) is 0 Å². The third-order valence-electron chi connectivity index (χ3n) is 3.54. The van der Waals surface area contributed by atoms with Crippen molar-refractivity contribution in [2.45, 2.75) is 69.2 Å². The Morgan fingerprint density at radius 1 is 1.53 bits per heavy atom. The van der Waals surface area contributed by atoms with E-state index in [1.807, 2.05) is 11.8 Å². The Balaban J connectivity index is 2.40. The fourth-order valence-corrected chi connectivity index (χ4v) is 3.31. The maximum absolute atomic E-state index is 11.2. The van der Waals surface area contributed by atoms with Crippen LogP contribution in [-0.4, -0.2) is 34.7 Å². The lowest BCUT2D eigenvalue weighted by Crippen LogP contribution is -2.45. The van der Waals surface area contributed by atoms with Crippen molar-refractivity contribution in [2.75, 3.05) is 6.26 Å². The van der Waals surface area contributed by atoms with Gasteiger partial charge in [-0.15, -0.1) is 0 Å². The number of hydrogen-bond acceptors (Lipinski definition) is 3. The smallest absolute Gasteiger partial charge is 0.320 e. The molecule has 0 saturated heterocycles. The highest BCUT2D eigenvalue weighted by molar-refractivity contribution is 7.99. The van der Waals surface area contributed by atoms with Gasteiger partial charge < -0.3 is 10.4 Å². The average molecular weight is 259 g/mol. The first kappa shape index (κ1) is 14.8. The van der Waals surface area contributed by atoms with Crippen LogP contribution in [0.5, 0.6) is 0 Å². The first-order chi connectivity index (χ1) is 8.17. The highest BCUT2D eigenvalue weighted by Crippen LogP contribution is 2.27. The van der Waals surface area contributed by atoms with Gasteiger partial charge in [-0.05, 0) is 31.9 Å². The molecule has 0 aliphatic heterocycles. The summed E-state index contributed by atoms with van der Waals surface area (Å²) in [7, 11) is 0. The summed E-state index contributed by atoms with van der Waals surface area (Å²) in [5.41, 5.74) is 0. The molecule has 1 rings (SSSR count). The Morgan fingerprint density at radius 2 is 2.29 bits per heavy atom. The monoisotopic (exact) mass is 259 g/mol. The Bertz CT molecular complexity index is 235. The minimum atomic E-state index is -0.690. The summed E-state index contributed by atoms with van der Waals surface area (Å²) in [6.07, 6.45) is 9.72. The van der Waals surface area contributed by atoms with Gasteiger partial charge in [0.2, 0.25) is 0 Å². The third kappa shape index (κ3) is 5.30. The van der Waals surface area contributed by atoms with Gasteiger partial charge in [-0.2, -0.15) is 11.8 Å². The predicted molar refractivity (Wildman–Crippen MR) is 73.6 cm³/mol. The summed E-state index contributed by atoms with van der Waals surface area (Å²) < 4.78 is 0. The Hall–Kier alpha value is -0.220. The Kier molecular flexibility index (Phi) is 6.97. The molecule has 3 nitrogen and oxygen atoms in total. The molecular weight excluding hydrogens is 234 g/mol. The maximum Gasteiger partial charge on any atom is 0.320 e. The summed E-state index contributed by atoms with van der Waals surface area (Å²) in [6.45, 7) is 2.10. The van der Waals surface area contributed by atoms with Crippen molar-refractivity contribution in [1.82, 2.24) is 5.32 Å². The molecular formula is C13H25NO2S. The zero-order valence-electron chi connectivity index (χ0n) is 10.9. The van der Waals surface area contributed by atoms with Crippen LogP contribution in [0.15, 0.2) is 0 Å². The highest BCUT2D eigenvalue weighted by Gasteiger charge is 2.25. The second-order valence-corrected chi connectivity index (χ2v) is 6.06. The van der Waals surface area contributed by atoms with Crippen molar-refractivity contribution >= 4 is 17.7 Å². The number of unbranched alkanes of at least 4 members (excludes halogenated alkanes) is 1. The fourth-order valence-electron chi connectivity index (χ4n) is 2.48. The zero-order valence-corrected chi connectivity index (χ0v) is 11.8. The average Bonchev–Trinajstić information content (AvgIpc) is 2.34. The first-order valence-corrected chi connectivity index (χ1v) is 7.97. The Morgan fingerprint density at radius 3 is 2.88 bits per heavy atom. The lowest BCUT2D eigenvalue weighted by molar-refractivity contribution is -0.140. The van der Waals surface area contributed by atoms with Gasteiger partial charge >= 0.3 is 5.97 Å². The molecule has 1 saturated carbocycles. The predicted octanol–water partition coefficient (Wildman–Crippen LogP) is 2.89. The van der Waals surface area contributed by atoms with Crippen LogP contribution >= 0.6 is 11.8 Å². The van der Waals surface area contributed by atoms with E-state index < -0.39 is 5.97 Å². The number of carboxylic acids is 1. The molecule has 1 aliphatic carbocycles. The maximum atomic E-state index is 11.2. The quantitative estimate of drug-likeness (QED) is 0.738. The van der Waals surface area contributed by atoms with Gasteiger partial charge in [-0.3, -0.25) is 4.79 Å². The molecule has 17 heavy (non-hydrogen) atoms. The molecule has 0 amide bonds. The van der Waals surface area contributed by atoms with Gasteiger partial charge in [-0.1, -0.05) is 26.2 Å². The van der Waals surface area contributed by atoms with Gasteiger partial charge in [0.05, 0.1) is 0 Å². The van der Waals surface area contributed by atoms with Crippen molar-refractivity contribution < 1.29 is 9.90 Å². The van der Waals surface area contributed by atoms with Gasteiger partial charge in [0.1, 0.15) is 6.04 Å². The SMILES string of the molecule is CCCCC(NC1CCCC(SC)C1)C(=O)O.